The van der Waals surface area contributed by atoms with Crippen molar-refractivity contribution >= 4 is 11.8 Å². The first-order chi connectivity index (χ1) is 25.0. The van der Waals surface area contributed by atoms with E-state index in [1.807, 2.05) is 89.9 Å². The maximum Gasteiger partial charge on any atom is 0.230 e. The van der Waals surface area contributed by atoms with Crippen molar-refractivity contribution in [3.05, 3.63) is 133 Å². The summed E-state index contributed by atoms with van der Waals surface area (Å²) in [6.07, 6.45) is 13.0. The van der Waals surface area contributed by atoms with Crippen molar-refractivity contribution in [2.24, 2.45) is 0 Å². The minimum Gasteiger partial charge on any atom is -0.340 e. The number of carbonyl (C=O) groups excluding carboxylic acids is 2. The molecule has 0 radical (unpaired) electrons. The lowest BCUT2D eigenvalue weighted by Crippen LogP contribution is -2.34. The first-order valence-corrected chi connectivity index (χ1v) is 17.7. The van der Waals surface area contributed by atoms with Gasteiger partial charge in [-0.2, -0.15) is 0 Å². The third kappa shape index (κ3) is 6.69. The fraction of sp³-hybridized carbons (Fsp3) is 0.268. The zero-order valence-corrected chi connectivity index (χ0v) is 28.6. The van der Waals surface area contributed by atoms with E-state index in [1.54, 1.807) is 12.4 Å². The van der Waals surface area contributed by atoms with Crippen LogP contribution in [0.15, 0.2) is 110 Å². The summed E-state index contributed by atoms with van der Waals surface area (Å²) < 4.78 is 0. The van der Waals surface area contributed by atoms with Gasteiger partial charge in [0.15, 0.2) is 0 Å². The lowest BCUT2D eigenvalue weighted by atomic mass is 9.99. The van der Waals surface area contributed by atoms with E-state index in [2.05, 4.69) is 44.2 Å². The Labute approximate surface area is 297 Å². The van der Waals surface area contributed by atoms with Crippen molar-refractivity contribution in [2.45, 2.75) is 57.0 Å². The Morgan fingerprint density at radius 3 is 2.02 bits per heavy atom. The van der Waals surface area contributed by atoms with Crippen LogP contribution in [-0.2, 0) is 16.0 Å². The third-order valence-corrected chi connectivity index (χ3v) is 10.2. The predicted octanol–water partition coefficient (Wildman–Crippen LogP) is 7.30. The highest BCUT2D eigenvalue weighted by Gasteiger charge is 2.35. The molecule has 8 rings (SSSR count). The second kappa shape index (κ2) is 14.1. The van der Waals surface area contributed by atoms with E-state index < -0.39 is 0 Å². The van der Waals surface area contributed by atoms with Crippen LogP contribution < -0.4 is 0 Å². The lowest BCUT2D eigenvalue weighted by molar-refractivity contribution is -0.133. The number of hydrogen-bond donors (Lipinski definition) is 2. The number of nitrogens with zero attached hydrogens (tertiary/aromatic N) is 6. The van der Waals surface area contributed by atoms with Crippen LogP contribution in [0.4, 0.5) is 0 Å². The molecule has 4 aromatic heterocycles. The Hall–Kier alpha value is -5.90. The molecule has 51 heavy (non-hydrogen) atoms. The number of carbonyl (C=O) groups is 2. The van der Waals surface area contributed by atoms with Crippen LogP contribution in [0.3, 0.4) is 0 Å². The molecular formula is C41H40N8O2. The number of benzene rings is 2. The molecule has 2 amide bonds. The molecule has 0 aliphatic carbocycles. The highest BCUT2D eigenvalue weighted by atomic mass is 16.2. The van der Waals surface area contributed by atoms with Gasteiger partial charge in [-0.15, -0.1) is 0 Å². The third-order valence-electron chi connectivity index (χ3n) is 10.2. The molecule has 2 N–H and O–H groups in total. The Kier molecular flexibility index (Phi) is 8.96. The molecule has 10 nitrogen and oxygen atoms in total. The van der Waals surface area contributed by atoms with Crippen LogP contribution in [0.5, 0.6) is 0 Å². The fourth-order valence-corrected chi connectivity index (χ4v) is 7.43. The van der Waals surface area contributed by atoms with Gasteiger partial charge in [0, 0.05) is 42.8 Å². The molecule has 0 spiro atoms. The van der Waals surface area contributed by atoms with Crippen LogP contribution in [0, 0.1) is 0 Å². The minimum absolute atomic E-state index is 0.0534. The lowest BCUT2D eigenvalue weighted by Gasteiger charge is -2.26. The summed E-state index contributed by atoms with van der Waals surface area (Å²) in [6.45, 7) is 3.45. The quantitative estimate of drug-likeness (QED) is 0.166. The summed E-state index contributed by atoms with van der Waals surface area (Å²) >= 11 is 0. The number of rotatable bonds is 9. The summed E-state index contributed by atoms with van der Waals surface area (Å²) in [4.78, 5) is 55.8. The van der Waals surface area contributed by atoms with E-state index in [9.17, 15) is 9.59 Å². The first kappa shape index (κ1) is 32.3. The number of nitrogens with one attached hydrogen (secondary N) is 2. The average molecular weight is 677 g/mol. The molecule has 2 saturated heterocycles. The topological polar surface area (TPSA) is 124 Å². The van der Waals surface area contributed by atoms with Crippen molar-refractivity contribution in [1.82, 2.24) is 39.7 Å². The number of aromatic nitrogens is 6. The first-order valence-electron chi connectivity index (χ1n) is 17.7. The van der Waals surface area contributed by atoms with Gasteiger partial charge in [0.1, 0.15) is 11.6 Å². The van der Waals surface area contributed by atoms with Crippen LogP contribution in [0.2, 0.25) is 0 Å². The van der Waals surface area contributed by atoms with Crippen molar-refractivity contribution in [1.29, 1.82) is 0 Å². The summed E-state index contributed by atoms with van der Waals surface area (Å²) in [5.41, 5.74) is 7.57. The van der Waals surface area contributed by atoms with Gasteiger partial charge in [-0.05, 0) is 67.5 Å². The second-order valence-electron chi connectivity index (χ2n) is 13.5. The predicted molar refractivity (Wildman–Crippen MR) is 195 cm³/mol. The second-order valence-corrected chi connectivity index (χ2v) is 13.5. The van der Waals surface area contributed by atoms with Gasteiger partial charge in [0.25, 0.3) is 0 Å². The van der Waals surface area contributed by atoms with E-state index >= 15 is 0 Å². The maximum atomic E-state index is 13.5. The fourth-order valence-electron chi connectivity index (χ4n) is 7.43. The molecule has 0 bridgehead atoms. The largest absolute Gasteiger partial charge is 0.340 e. The van der Waals surface area contributed by atoms with Crippen LogP contribution in [-0.4, -0.2) is 64.6 Å². The zero-order valence-electron chi connectivity index (χ0n) is 28.6. The Bertz CT molecular complexity index is 2110. The standard InChI is InChI=1S/C41H40N8O2/c1-27(29-9-3-2-4-10-29)41(51)49-21-7-12-37(49)40-44-25-34(46-40)31-15-13-30(14-16-31)33-18-17-32(24-43-33)35-26-45-39(47-35)36-11-6-20-48(36)38(50)22-28-8-5-19-42-23-28/h2-5,8-10,13-19,23-27,36-37H,6-7,11-12,20-22H2,1H3,(H,44,46)(H,45,47)/t27-,36+,37+/m1/s1. The number of likely N-dealkylation sites (tertiary alicyclic amines) is 2. The van der Waals surface area contributed by atoms with E-state index in [-0.39, 0.29) is 29.8 Å². The van der Waals surface area contributed by atoms with Gasteiger partial charge in [0.2, 0.25) is 11.8 Å². The van der Waals surface area contributed by atoms with E-state index in [0.29, 0.717) is 6.42 Å². The minimum atomic E-state index is -0.197. The van der Waals surface area contributed by atoms with E-state index in [0.717, 1.165) is 95.3 Å². The molecule has 6 heterocycles. The van der Waals surface area contributed by atoms with Gasteiger partial charge in [-0.1, -0.05) is 60.7 Å². The van der Waals surface area contributed by atoms with Crippen molar-refractivity contribution < 1.29 is 9.59 Å². The van der Waals surface area contributed by atoms with Crippen molar-refractivity contribution in [3.8, 4) is 33.8 Å². The molecule has 0 saturated carbocycles. The average Bonchev–Trinajstić information content (AvgIpc) is 4.02. The molecule has 3 atom stereocenters. The van der Waals surface area contributed by atoms with Crippen LogP contribution >= 0.6 is 0 Å². The molecule has 2 aliphatic heterocycles. The smallest absolute Gasteiger partial charge is 0.230 e. The van der Waals surface area contributed by atoms with Gasteiger partial charge < -0.3 is 19.8 Å². The summed E-state index contributed by atoms with van der Waals surface area (Å²) in [5.74, 6) is 1.67. The normalized spacial score (nSPS) is 17.9. The summed E-state index contributed by atoms with van der Waals surface area (Å²) in [7, 11) is 0. The Morgan fingerprint density at radius 1 is 0.706 bits per heavy atom. The van der Waals surface area contributed by atoms with Crippen molar-refractivity contribution in [2.75, 3.05) is 13.1 Å². The molecular weight excluding hydrogens is 637 g/mol. The molecule has 2 aromatic carbocycles. The van der Waals surface area contributed by atoms with Gasteiger partial charge in [-0.25, -0.2) is 9.97 Å². The van der Waals surface area contributed by atoms with Crippen LogP contribution in [0.1, 0.15) is 73.4 Å². The zero-order chi connectivity index (χ0) is 34.7. The monoisotopic (exact) mass is 676 g/mol. The van der Waals surface area contributed by atoms with Crippen molar-refractivity contribution in [3.63, 3.8) is 0 Å². The molecule has 6 aromatic rings. The number of H-pyrrole nitrogens is 2. The Balaban J connectivity index is 0.915. The number of pyridine rings is 2. The van der Waals surface area contributed by atoms with E-state index in [4.69, 9.17) is 9.97 Å². The number of amides is 2. The Morgan fingerprint density at radius 2 is 1.35 bits per heavy atom. The highest BCUT2D eigenvalue weighted by molar-refractivity contribution is 5.84. The summed E-state index contributed by atoms with van der Waals surface area (Å²) in [6, 6.07) is 26.0. The summed E-state index contributed by atoms with van der Waals surface area (Å²) in [5, 5.41) is 0. The van der Waals surface area contributed by atoms with Crippen LogP contribution in [0.25, 0.3) is 33.8 Å². The van der Waals surface area contributed by atoms with Gasteiger partial charge in [-0.3, -0.25) is 19.6 Å². The van der Waals surface area contributed by atoms with Gasteiger partial charge >= 0.3 is 0 Å². The molecule has 10 heteroatoms. The maximum absolute atomic E-state index is 13.5. The number of imidazole rings is 2. The van der Waals surface area contributed by atoms with Gasteiger partial charge in [0.05, 0.1) is 53.9 Å². The number of hydrogen-bond acceptors (Lipinski definition) is 6. The SMILES string of the molecule is C[C@@H](C(=O)N1CCC[C@H]1c1ncc(-c2ccc(-c3ccc(-c4cnc([C@@H]5CCCN5C(=O)Cc5cccnc5)[nH]4)cn3)cc2)[nH]1)c1ccccc1. The molecule has 0 unspecified atom stereocenters. The molecule has 2 aliphatic rings. The number of aromatic amines is 2. The molecule has 2 fully saturated rings. The highest BCUT2D eigenvalue weighted by Crippen LogP contribution is 2.35. The molecule has 256 valence electrons. The van der Waals surface area contributed by atoms with E-state index in [1.165, 1.54) is 0 Å².